The number of ketones is 1. The monoisotopic (exact) mass is 349 g/mol. The number of hydrogen-bond acceptors (Lipinski definition) is 2. The first-order chi connectivity index (χ1) is 12.1. The van der Waals surface area contributed by atoms with Crippen molar-refractivity contribution in [3.8, 4) is 6.07 Å². The molecule has 3 aromatic rings. The Hall–Kier alpha value is -2.96. The van der Waals surface area contributed by atoms with Crippen molar-refractivity contribution in [1.29, 1.82) is 5.26 Å². The summed E-state index contributed by atoms with van der Waals surface area (Å²) in [5.74, 6) is -1.01. The maximum absolute atomic E-state index is 13.0. The molecule has 0 spiro atoms. The summed E-state index contributed by atoms with van der Waals surface area (Å²) in [4.78, 5) is 12.4. The fourth-order valence-corrected chi connectivity index (χ4v) is 2.72. The van der Waals surface area contributed by atoms with Crippen LogP contribution in [0.25, 0.3) is 0 Å². The molecule has 122 valence electrons. The van der Waals surface area contributed by atoms with Crippen molar-refractivity contribution >= 4 is 17.4 Å². The van der Waals surface area contributed by atoms with Gasteiger partial charge in [-0.1, -0.05) is 48.0 Å². The van der Waals surface area contributed by atoms with E-state index < -0.39 is 5.92 Å². The second-order valence-corrected chi connectivity index (χ2v) is 6.01. The molecule has 1 unspecified atom stereocenters. The maximum Gasteiger partial charge on any atom is 0.193 e. The lowest BCUT2D eigenvalue weighted by Gasteiger charge is -2.11. The molecule has 3 aromatic carbocycles. The number of hydrogen-bond donors (Lipinski definition) is 0. The van der Waals surface area contributed by atoms with E-state index in [0.29, 0.717) is 16.1 Å². The minimum Gasteiger partial charge on any atom is -0.289 e. The second-order valence-electron chi connectivity index (χ2n) is 5.57. The molecule has 0 amide bonds. The first-order valence-electron chi connectivity index (χ1n) is 7.64. The molecule has 0 N–H and O–H groups in total. The standard InChI is InChI=1S/C21H13ClFNO/c22-18-9-5-15(6-10-18)20(13-24)14-1-3-16(4-2-14)21(25)17-7-11-19(23)12-8-17/h1-12,20H. The van der Waals surface area contributed by atoms with Gasteiger partial charge in [0.2, 0.25) is 0 Å². The first kappa shape index (κ1) is 16.9. The number of nitriles is 1. The predicted octanol–water partition coefficient (Wildman–Crippen LogP) is 5.37. The van der Waals surface area contributed by atoms with E-state index in [-0.39, 0.29) is 11.6 Å². The Balaban J connectivity index is 1.86. The third-order valence-corrected chi connectivity index (χ3v) is 4.20. The molecule has 3 rings (SSSR count). The molecule has 0 aliphatic heterocycles. The summed E-state index contributed by atoms with van der Waals surface area (Å²) in [5.41, 5.74) is 2.54. The van der Waals surface area contributed by atoms with Crippen molar-refractivity contribution < 1.29 is 9.18 Å². The highest BCUT2D eigenvalue weighted by atomic mass is 35.5. The highest BCUT2D eigenvalue weighted by molar-refractivity contribution is 6.30. The van der Waals surface area contributed by atoms with Crippen LogP contribution in [0.15, 0.2) is 72.8 Å². The molecule has 0 saturated heterocycles. The predicted molar refractivity (Wildman–Crippen MR) is 95.2 cm³/mol. The van der Waals surface area contributed by atoms with Crippen molar-refractivity contribution in [2.24, 2.45) is 0 Å². The van der Waals surface area contributed by atoms with Crippen LogP contribution in [0, 0.1) is 17.1 Å². The van der Waals surface area contributed by atoms with Crippen molar-refractivity contribution in [2.45, 2.75) is 5.92 Å². The van der Waals surface area contributed by atoms with Gasteiger partial charge >= 0.3 is 0 Å². The Morgan fingerprint density at radius 1 is 0.840 bits per heavy atom. The third-order valence-electron chi connectivity index (χ3n) is 3.95. The summed E-state index contributed by atoms with van der Waals surface area (Å²) >= 11 is 5.89. The lowest BCUT2D eigenvalue weighted by atomic mass is 9.91. The van der Waals surface area contributed by atoms with Gasteiger partial charge in [0.15, 0.2) is 5.78 Å². The zero-order valence-electron chi connectivity index (χ0n) is 13.1. The van der Waals surface area contributed by atoms with Crippen LogP contribution in [0.4, 0.5) is 4.39 Å². The number of halogens is 2. The van der Waals surface area contributed by atoms with Gasteiger partial charge in [0.25, 0.3) is 0 Å². The number of carbonyl (C=O) groups is 1. The van der Waals surface area contributed by atoms with Crippen LogP contribution in [0.5, 0.6) is 0 Å². The molecular formula is C21H13ClFNO. The lowest BCUT2D eigenvalue weighted by Crippen LogP contribution is -2.03. The average molecular weight is 350 g/mol. The van der Waals surface area contributed by atoms with E-state index in [1.807, 2.05) is 12.1 Å². The van der Waals surface area contributed by atoms with E-state index in [9.17, 15) is 14.4 Å². The quantitative estimate of drug-likeness (QED) is 0.594. The molecule has 1 atom stereocenters. The van der Waals surface area contributed by atoms with Gasteiger partial charge in [0, 0.05) is 16.1 Å². The van der Waals surface area contributed by atoms with Crippen LogP contribution in [0.3, 0.4) is 0 Å². The Morgan fingerprint density at radius 3 is 1.76 bits per heavy atom. The summed E-state index contributed by atoms with van der Waals surface area (Å²) < 4.78 is 13.0. The molecule has 0 aromatic heterocycles. The van der Waals surface area contributed by atoms with Gasteiger partial charge in [-0.25, -0.2) is 4.39 Å². The smallest absolute Gasteiger partial charge is 0.193 e. The lowest BCUT2D eigenvalue weighted by molar-refractivity contribution is 0.103. The normalized spacial score (nSPS) is 11.6. The first-order valence-corrected chi connectivity index (χ1v) is 8.01. The largest absolute Gasteiger partial charge is 0.289 e. The SMILES string of the molecule is N#CC(c1ccc(Cl)cc1)c1ccc(C(=O)c2ccc(F)cc2)cc1. The maximum atomic E-state index is 13.0. The molecule has 0 radical (unpaired) electrons. The Kier molecular flexibility index (Phi) is 4.92. The van der Waals surface area contributed by atoms with E-state index in [4.69, 9.17) is 11.6 Å². The van der Waals surface area contributed by atoms with Crippen molar-refractivity contribution in [3.63, 3.8) is 0 Å². The van der Waals surface area contributed by atoms with E-state index >= 15 is 0 Å². The summed E-state index contributed by atoms with van der Waals surface area (Å²) in [6.45, 7) is 0. The average Bonchev–Trinajstić information content (AvgIpc) is 2.64. The topological polar surface area (TPSA) is 40.9 Å². The number of nitrogens with zero attached hydrogens (tertiary/aromatic N) is 1. The summed E-state index contributed by atoms with van der Waals surface area (Å²) in [6.07, 6.45) is 0. The van der Waals surface area contributed by atoms with Crippen LogP contribution >= 0.6 is 11.6 Å². The van der Waals surface area contributed by atoms with E-state index in [1.54, 1.807) is 36.4 Å². The van der Waals surface area contributed by atoms with Crippen LogP contribution in [-0.2, 0) is 0 Å². The van der Waals surface area contributed by atoms with Gasteiger partial charge in [-0.3, -0.25) is 4.79 Å². The fraction of sp³-hybridized carbons (Fsp3) is 0.0476. The van der Waals surface area contributed by atoms with Crippen molar-refractivity contribution in [2.75, 3.05) is 0 Å². The van der Waals surface area contributed by atoms with Gasteiger partial charge in [-0.15, -0.1) is 0 Å². The van der Waals surface area contributed by atoms with Crippen molar-refractivity contribution in [1.82, 2.24) is 0 Å². The molecule has 2 nitrogen and oxygen atoms in total. The zero-order valence-corrected chi connectivity index (χ0v) is 13.9. The Morgan fingerprint density at radius 2 is 1.28 bits per heavy atom. The molecule has 4 heteroatoms. The third kappa shape index (κ3) is 3.76. The van der Waals surface area contributed by atoms with Crippen LogP contribution in [-0.4, -0.2) is 5.78 Å². The second kappa shape index (κ2) is 7.29. The molecule has 0 aliphatic rings. The zero-order chi connectivity index (χ0) is 17.8. The highest BCUT2D eigenvalue weighted by Gasteiger charge is 2.15. The minimum atomic E-state index is -0.438. The summed E-state index contributed by atoms with van der Waals surface area (Å²) in [6, 6.07) is 21.7. The van der Waals surface area contributed by atoms with Crippen LogP contribution in [0.2, 0.25) is 5.02 Å². The van der Waals surface area contributed by atoms with Gasteiger partial charge in [0.1, 0.15) is 5.82 Å². The minimum absolute atomic E-state index is 0.188. The van der Waals surface area contributed by atoms with E-state index in [0.717, 1.165) is 11.1 Å². The summed E-state index contributed by atoms with van der Waals surface area (Å²) in [7, 11) is 0. The molecule has 0 aliphatic carbocycles. The van der Waals surface area contributed by atoms with Gasteiger partial charge in [0.05, 0.1) is 12.0 Å². The number of rotatable bonds is 4. The molecule has 0 heterocycles. The summed E-state index contributed by atoms with van der Waals surface area (Å²) in [5, 5.41) is 10.1. The van der Waals surface area contributed by atoms with E-state index in [2.05, 4.69) is 6.07 Å². The van der Waals surface area contributed by atoms with Crippen molar-refractivity contribution in [3.05, 3.63) is 106 Å². The molecule has 0 fully saturated rings. The van der Waals surface area contributed by atoms with Crippen LogP contribution < -0.4 is 0 Å². The molecule has 0 saturated carbocycles. The number of benzene rings is 3. The van der Waals surface area contributed by atoms with Gasteiger partial charge in [-0.2, -0.15) is 5.26 Å². The van der Waals surface area contributed by atoms with Crippen LogP contribution in [0.1, 0.15) is 33.0 Å². The molecule has 25 heavy (non-hydrogen) atoms. The Labute approximate surface area is 150 Å². The van der Waals surface area contributed by atoms with E-state index in [1.165, 1.54) is 24.3 Å². The van der Waals surface area contributed by atoms with Gasteiger partial charge in [-0.05, 0) is 47.5 Å². The molecule has 0 bridgehead atoms. The fourth-order valence-electron chi connectivity index (χ4n) is 2.59. The van der Waals surface area contributed by atoms with Gasteiger partial charge < -0.3 is 0 Å². The molecular weight excluding hydrogens is 337 g/mol. The highest BCUT2D eigenvalue weighted by Crippen LogP contribution is 2.26. The number of carbonyl (C=O) groups excluding carboxylic acids is 1. The Bertz CT molecular complexity index is 926.